The van der Waals surface area contributed by atoms with Gasteiger partial charge in [0, 0.05) is 66.2 Å². The van der Waals surface area contributed by atoms with Crippen molar-refractivity contribution in [3.8, 4) is 56.4 Å². The van der Waals surface area contributed by atoms with Gasteiger partial charge in [-0.2, -0.15) is 0 Å². The fourth-order valence-electron chi connectivity index (χ4n) is 10.2. The summed E-state index contributed by atoms with van der Waals surface area (Å²) in [5.74, 6) is 1.75. The first-order valence-electron chi connectivity index (χ1n) is 22.3. The maximum Gasteiger partial charge on any atom is 0.164 e. The number of rotatable bonds is 7. The minimum Gasteiger partial charge on any atom is -0.456 e. The lowest BCUT2D eigenvalue weighted by atomic mass is 9.82. The molecule has 0 radical (unpaired) electrons. The van der Waals surface area contributed by atoms with E-state index in [-0.39, 0.29) is 5.41 Å². The molecule has 0 atom stereocenters. The third kappa shape index (κ3) is 5.92. The van der Waals surface area contributed by atoms with Gasteiger partial charge in [-0.15, -0.1) is 0 Å². The summed E-state index contributed by atoms with van der Waals surface area (Å²) in [7, 11) is 0. The molecular weight excluding hydrogens is 809 g/mol. The van der Waals surface area contributed by atoms with Crippen molar-refractivity contribution in [2.75, 3.05) is 4.90 Å². The van der Waals surface area contributed by atoms with Crippen LogP contribution in [0.4, 0.5) is 17.1 Å². The summed E-state index contributed by atoms with van der Waals surface area (Å²) >= 11 is 0. The van der Waals surface area contributed by atoms with Crippen LogP contribution < -0.4 is 4.90 Å². The molecule has 312 valence electrons. The Hall–Kier alpha value is -8.61. The van der Waals surface area contributed by atoms with Gasteiger partial charge in [-0.05, 0) is 70.8 Å². The number of para-hydroxylation sites is 3. The maximum absolute atomic E-state index is 6.49. The highest BCUT2D eigenvalue weighted by molar-refractivity contribution is 6.12. The molecule has 1 aliphatic carbocycles. The van der Waals surface area contributed by atoms with E-state index in [4.69, 9.17) is 23.8 Å². The first-order chi connectivity index (χ1) is 32.5. The molecule has 0 saturated carbocycles. The van der Waals surface area contributed by atoms with Crippen molar-refractivity contribution >= 4 is 60.9 Å². The molecule has 0 fully saturated rings. The van der Waals surface area contributed by atoms with Crippen LogP contribution in [0.2, 0.25) is 0 Å². The van der Waals surface area contributed by atoms with Gasteiger partial charge in [-0.1, -0.05) is 172 Å². The van der Waals surface area contributed by atoms with Crippen LogP contribution in [-0.2, 0) is 5.41 Å². The van der Waals surface area contributed by atoms with E-state index in [9.17, 15) is 0 Å². The molecule has 6 heteroatoms. The third-order valence-electron chi connectivity index (χ3n) is 13.3. The molecule has 0 aliphatic heterocycles. The zero-order valence-corrected chi connectivity index (χ0v) is 36.2. The van der Waals surface area contributed by atoms with Crippen molar-refractivity contribution in [2.45, 2.75) is 19.3 Å². The quantitative estimate of drug-likeness (QED) is 0.159. The second-order valence-electron chi connectivity index (χ2n) is 17.5. The van der Waals surface area contributed by atoms with Gasteiger partial charge in [0.15, 0.2) is 17.5 Å². The van der Waals surface area contributed by atoms with Crippen LogP contribution in [0.5, 0.6) is 0 Å². The van der Waals surface area contributed by atoms with Gasteiger partial charge in [0.25, 0.3) is 0 Å². The lowest BCUT2D eigenvalue weighted by Gasteiger charge is -2.29. The smallest absolute Gasteiger partial charge is 0.164 e. The van der Waals surface area contributed by atoms with Gasteiger partial charge in [0.05, 0.1) is 5.69 Å². The molecular formula is C60H40N4O2. The van der Waals surface area contributed by atoms with Gasteiger partial charge >= 0.3 is 0 Å². The summed E-state index contributed by atoms with van der Waals surface area (Å²) in [6.07, 6.45) is 0. The molecule has 1 aliphatic rings. The minimum absolute atomic E-state index is 0.178. The van der Waals surface area contributed by atoms with Crippen LogP contribution in [0.3, 0.4) is 0 Å². The van der Waals surface area contributed by atoms with Crippen LogP contribution >= 0.6 is 0 Å². The van der Waals surface area contributed by atoms with E-state index in [0.717, 1.165) is 88.8 Å². The first-order valence-corrected chi connectivity index (χ1v) is 22.3. The summed E-state index contributed by atoms with van der Waals surface area (Å²) in [6.45, 7) is 4.66. The lowest BCUT2D eigenvalue weighted by Crippen LogP contribution is -2.16. The summed E-state index contributed by atoms with van der Waals surface area (Å²) in [5.41, 5.74) is 16.2. The average molecular weight is 849 g/mol. The second kappa shape index (κ2) is 14.7. The number of anilines is 3. The van der Waals surface area contributed by atoms with E-state index in [2.05, 4.69) is 152 Å². The van der Waals surface area contributed by atoms with E-state index in [1.165, 1.54) is 22.3 Å². The van der Waals surface area contributed by atoms with Crippen LogP contribution in [-0.4, -0.2) is 15.0 Å². The predicted octanol–water partition coefficient (Wildman–Crippen LogP) is 16.1. The van der Waals surface area contributed by atoms with Crippen LogP contribution in [0.1, 0.15) is 25.0 Å². The van der Waals surface area contributed by atoms with Crippen molar-refractivity contribution in [1.29, 1.82) is 0 Å². The summed E-state index contributed by atoms with van der Waals surface area (Å²) < 4.78 is 12.8. The van der Waals surface area contributed by atoms with Gasteiger partial charge in [-0.3, -0.25) is 0 Å². The monoisotopic (exact) mass is 848 g/mol. The Morgan fingerprint density at radius 3 is 1.83 bits per heavy atom. The molecule has 0 saturated heterocycles. The number of furan rings is 2. The van der Waals surface area contributed by atoms with E-state index in [0.29, 0.717) is 17.5 Å². The highest BCUT2D eigenvalue weighted by atomic mass is 16.3. The largest absolute Gasteiger partial charge is 0.456 e. The number of hydrogen-bond acceptors (Lipinski definition) is 6. The van der Waals surface area contributed by atoms with Crippen molar-refractivity contribution in [2.24, 2.45) is 0 Å². The number of nitrogens with zero attached hydrogens (tertiary/aromatic N) is 4. The molecule has 9 aromatic carbocycles. The molecule has 6 nitrogen and oxygen atoms in total. The number of hydrogen-bond donors (Lipinski definition) is 0. The highest BCUT2D eigenvalue weighted by Gasteiger charge is 2.37. The fraction of sp³-hybridized carbons (Fsp3) is 0.0500. The second-order valence-corrected chi connectivity index (χ2v) is 17.5. The van der Waals surface area contributed by atoms with Gasteiger partial charge in [-0.25, -0.2) is 15.0 Å². The Morgan fingerprint density at radius 1 is 0.394 bits per heavy atom. The molecule has 66 heavy (non-hydrogen) atoms. The molecule has 12 aromatic rings. The summed E-state index contributed by atoms with van der Waals surface area (Å²) in [6, 6.07) is 72.0. The fourth-order valence-corrected chi connectivity index (χ4v) is 10.2. The van der Waals surface area contributed by atoms with Crippen molar-refractivity contribution < 1.29 is 8.83 Å². The number of aromatic nitrogens is 3. The van der Waals surface area contributed by atoms with Gasteiger partial charge < -0.3 is 13.7 Å². The summed E-state index contributed by atoms with van der Waals surface area (Å²) in [5, 5.41) is 4.22. The maximum atomic E-state index is 6.49. The van der Waals surface area contributed by atoms with Crippen molar-refractivity contribution in [3.63, 3.8) is 0 Å². The van der Waals surface area contributed by atoms with E-state index in [1.807, 2.05) is 72.8 Å². The zero-order valence-electron chi connectivity index (χ0n) is 36.2. The van der Waals surface area contributed by atoms with E-state index < -0.39 is 0 Å². The number of benzene rings is 9. The van der Waals surface area contributed by atoms with E-state index in [1.54, 1.807) is 0 Å². The molecule has 3 aromatic heterocycles. The standard InChI is InChI=1S/C60H40N4O2/c1-60(2)48-26-9-6-21-45(48)55-49(60)27-15-28-50(55)64(40-34-32-37(33-35-40)42-23-13-24-44-43-20-7-10-29-51(43)66-56(42)44)41-19-12-18-39(36-41)58-61-57(38-16-4-3-5-17-38)62-59(63-58)47-25-14-31-53-54(47)46-22-8-11-30-52(46)65-53/h3-36H,1-2H3. The SMILES string of the molecule is CC1(C)c2ccccc2-c2c(N(c3ccc(-c4cccc5c4oc4ccccc45)cc3)c3cccc(-c4nc(-c5ccccc5)nc(-c5cccc6oc7ccccc7c56)n4)c3)cccc21. The Morgan fingerprint density at radius 2 is 0.985 bits per heavy atom. The number of fused-ring (bicyclic) bond motifs is 9. The van der Waals surface area contributed by atoms with Crippen LogP contribution in [0.15, 0.2) is 215 Å². The lowest BCUT2D eigenvalue weighted by molar-refractivity contribution is 0.660. The molecule has 0 unspecified atom stereocenters. The Balaban J connectivity index is 0.999. The van der Waals surface area contributed by atoms with Crippen LogP contribution in [0, 0.1) is 0 Å². The average Bonchev–Trinajstić information content (AvgIpc) is 4.03. The Bertz CT molecular complexity index is 3870. The molecule has 3 heterocycles. The topological polar surface area (TPSA) is 68.2 Å². The van der Waals surface area contributed by atoms with Gasteiger partial charge in [0.1, 0.15) is 22.3 Å². The van der Waals surface area contributed by atoms with Crippen molar-refractivity contribution in [3.05, 3.63) is 217 Å². The first kappa shape index (κ1) is 37.9. The van der Waals surface area contributed by atoms with Crippen molar-refractivity contribution in [1.82, 2.24) is 15.0 Å². The minimum atomic E-state index is -0.178. The molecule has 0 amide bonds. The zero-order chi connectivity index (χ0) is 43.9. The molecule has 0 N–H and O–H groups in total. The summed E-state index contributed by atoms with van der Waals surface area (Å²) in [4.78, 5) is 18.0. The molecule has 0 bridgehead atoms. The van der Waals surface area contributed by atoms with Crippen LogP contribution in [0.25, 0.3) is 100 Å². The third-order valence-corrected chi connectivity index (χ3v) is 13.3. The Kier molecular flexibility index (Phi) is 8.46. The van der Waals surface area contributed by atoms with E-state index >= 15 is 0 Å². The molecule has 13 rings (SSSR count). The molecule has 0 spiro atoms. The predicted molar refractivity (Wildman–Crippen MR) is 268 cm³/mol. The normalized spacial score (nSPS) is 12.8. The Labute approximate surface area is 381 Å². The highest BCUT2D eigenvalue weighted by Crippen LogP contribution is 2.54. The van der Waals surface area contributed by atoms with Gasteiger partial charge in [0.2, 0.25) is 0 Å².